The van der Waals surface area contributed by atoms with Gasteiger partial charge in [-0.05, 0) is 171 Å². The van der Waals surface area contributed by atoms with Gasteiger partial charge in [0.2, 0.25) is 0 Å². The Labute approximate surface area is 707 Å². The Hall–Kier alpha value is -16.7. The van der Waals surface area contributed by atoms with Gasteiger partial charge in [-0.2, -0.15) is 0 Å². The first kappa shape index (κ1) is 71.6. The topological polar surface area (TPSA) is 139 Å². The molecule has 0 atom stereocenters. The van der Waals surface area contributed by atoms with Crippen molar-refractivity contribution in [2.45, 2.75) is 5.41 Å². The van der Waals surface area contributed by atoms with Crippen LogP contribution in [0.25, 0.3) is 202 Å². The van der Waals surface area contributed by atoms with Gasteiger partial charge in [-0.1, -0.05) is 309 Å². The normalized spacial score (nSPS) is 12.1. The lowest BCUT2D eigenvalue weighted by Gasteiger charge is -2.33. The van der Waals surface area contributed by atoms with E-state index in [1.165, 1.54) is 22.3 Å². The summed E-state index contributed by atoms with van der Waals surface area (Å²) in [7, 11) is 0. The summed E-state index contributed by atoms with van der Waals surface area (Å²) >= 11 is 0. The molecule has 0 aliphatic heterocycles. The summed E-state index contributed by atoms with van der Waals surface area (Å²) < 4.78 is 17.6. The third-order valence-corrected chi connectivity index (χ3v) is 23.6. The second-order valence-corrected chi connectivity index (χ2v) is 30.8. The zero-order chi connectivity index (χ0) is 81.3. The molecule has 0 N–H and O–H groups in total. The fraction of sp³-hybridized carbons (Fsp3) is 0.00901. The van der Waals surface area contributed by atoms with E-state index in [2.05, 4.69) is 312 Å². The van der Waals surface area contributed by atoms with Gasteiger partial charge in [0.05, 0.1) is 27.5 Å². The van der Waals surface area contributed by atoms with Crippen molar-refractivity contribution >= 4 is 65.9 Å². The molecule has 0 saturated heterocycles. The van der Waals surface area contributed by atoms with E-state index in [4.69, 9.17) is 48.7 Å². The predicted molar refractivity (Wildman–Crippen MR) is 495 cm³/mol. The lowest BCUT2D eigenvalue weighted by Crippen LogP contribution is -2.28. The van der Waals surface area contributed by atoms with Crippen LogP contribution < -0.4 is 0 Å². The molecule has 0 spiro atoms. The highest BCUT2D eigenvalue weighted by Gasteiger charge is 2.47. The van der Waals surface area contributed by atoms with E-state index in [1.807, 2.05) is 121 Å². The highest BCUT2D eigenvalue weighted by atomic mass is 16.3. The molecule has 1 aliphatic rings. The fourth-order valence-corrected chi connectivity index (χ4v) is 18.1. The molecule has 0 saturated carbocycles. The molecule has 6 aromatic heterocycles. The molecule has 12 heteroatoms. The number of rotatable bonds is 14. The minimum absolute atomic E-state index is 0.561. The summed E-state index contributed by atoms with van der Waals surface area (Å²) in [5.41, 5.74) is 27.3. The summed E-state index contributed by atoms with van der Waals surface area (Å²) in [6.45, 7) is 0. The lowest BCUT2D eigenvalue weighted by molar-refractivity contribution is 0.668. The molecule has 17 aromatic carbocycles. The first-order chi connectivity index (χ1) is 61.0. The summed E-state index contributed by atoms with van der Waals surface area (Å²) in [4.78, 5) is 42.0. The molecule has 0 bridgehead atoms. The highest BCUT2D eigenvalue weighted by molar-refractivity contribution is 6.14. The zero-order valence-corrected chi connectivity index (χ0v) is 66.2. The smallest absolute Gasteiger partial charge is 0.164 e. The quantitative estimate of drug-likeness (QED) is 0.103. The molecule has 6 heterocycles. The van der Waals surface area contributed by atoms with E-state index in [-0.39, 0.29) is 0 Å². The van der Waals surface area contributed by atoms with E-state index in [0.29, 0.717) is 34.9 Å². The van der Waals surface area contributed by atoms with Gasteiger partial charge in [0.25, 0.3) is 0 Å². The Kier molecular flexibility index (Phi) is 17.5. The van der Waals surface area contributed by atoms with Crippen LogP contribution >= 0.6 is 0 Å². The molecule has 0 radical (unpaired) electrons. The molecule has 0 unspecified atom stereocenters. The van der Waals surface area contributed by atoms with Crippen molar-refractivity contribution in [2.24, 2.45) is 0 Å². The Morgan fingerprint density at radius 1 is 0.211 bits per heavy atom. The molecule has 1 aliphatic carbocycles. The van der Waals surface area contributed by atoms with Gasteiger partial charge < -0.3 is 8.83 Å². The van der Waals surface area contributed by atoms with Crippen LogP contribution in [-0.2, 0) is 5.41 Å². The number of hydrogen-bond donors (Lipinski definition) is 0. The van der Waals surface area contributed by atoms with Gasteiger partial charge in [-0.25, -0.2) is 39.9 Å². The van der Waals surface area contributed by atoms with Gasteiger partial charge in [0, 0.05) is 77.4 Å². The van der Waals surface area contributed by atoms with E-state index >= 15 is 0 Å². The first-order valence-corrected chi connectivity index (χ1v) is 41.2. The Bertz CT molecular complexity index is 7880. The van der Waals surface area contributed by atoms with E-state index < -0.39 is 5.41 Å². The zero-order valence-electron chi connectivity index (χ0n) is 66.2. The number of hydrogen-bond acceptors (Lipinski definition) is 10. The van der Waals surface area contributed by atoms with Gasteiger partial charge >= 0.3 is 0 Å². The van der Waals surface area contributed by atoms with Crippen LogP contribution in [-0.4, -0.2) is 49.0 Å². The van der Waals surface area contributed by atoms with E-state index in [0.717, 1.165) is 167 Å². The molecule has 123 heavy (non-hydrogen) atoms. The number of furan rings is 2. The molecule has 12 nitrogen and oxygen atoms in total. The average Bonchev–Trinajstić information content (AvgIpc) is 1.54. The highest BCUT2D eigenvalue weighted by Crippen LogP contribution is 2.58. The van der Waals surface area contributed by atoms with Crippen molar-refractivity contribution in [1.29, 1.82) is 0 Å². The molecular weight excluding hydrogens is 1510 g/mol. The maximum atomic E-state index is 6.62. The van der Waals surface area contributed by atoms with Crippen LogP contribution in [0.1, 0.15) is 22.3 Å². The van der Waals surface area contributed by atoms with Gasteiger partial charge in [-0.3, -0.25) is 9.13 Å². The molecule has 23 aromatic rings. The summed E-state index contributed by atoms with van der Waals surface area (Å²) in [5, 5.41) is 3.77. The summed E-state index contributed by atoms with van der Waals surface area (Å²) in [6, 6.07) is 147. The van der Waals surface area contributed by atoms with Crippen molar-refractivity contribution in [1.82, 2.24) is 49.0 Å². The average molecular weight is 1580 g/mol. The van der Waals surface area contributed by atoms with Crippen LogP contribution in [0.4, 0.5) is 0 Å². The Balaban J connectivity index is 0.000000143. The Morgan fingerprint density at radius 3 is 1.02 bits per heavy atom. The van der Waals surface area contributed by atoms with Crippen LogP contribution in [0.5, 0.6) is 0 Å². The van der Waals surface area contributed by atoms with Crippen LogP contribution in [0, 0.1) is 0 Å². The monoisotopic (exact) mass is 1570 g/mol. The van der Waals surface area contributed by atoms with Crippen molar-refractivity contribution in [3.8, 4) is 136 Å². The lowest BCUT2D eigenvalue weighted by atomic mass is 9.67. The van der Waals surface area contributed by atoms with Crippen molar-refractivity contribution in [3.63, 3.8) is 0 Å². The maximum absolute atomic E-state index is 6.62. The number of imidazole rings is 2. The van der Waals surface area contributed by atoms with Crippen molar-refractivity contribution in [3.05, 3.63) is 447 Å². The van der Waals surface area contributed by atoms with Crippen LogP contribution in [0.15, 0.2) is 433 Å². The second-order valence-electron chi connectivity index (χ2n) is 30.8. The SMILES string of the molecule is c1ccc(-c2cc(-c3ccccc3)cc(-c3nc(-c4ccccc4)nc(-c4cccc5oc6ccc(-c7nc8ccccc8n7-c7ccccc7)cc6c45)n3)c2)cc1.c1ccc(-c2nc(-c3cccc4c3-c3ccccc3C4(c3ccccc3)c3ccccc3)nc(-c3cccc4oc5ccc(-c6nc7ccccc7n6-c6ccccc6)cc5c34)n2)cc1. The molecule has 576 valence electrons. The van der Waals surface area contributed by atoms with E-state index in [1.54, 1.807) is 0 Å². The summed E-state index contributed by atoms with van der Waals surface area (Å²) in [5.74, 6) is 5.18. The fourth-order valence-electron chi connectivity index (χ4n) is 18.1. The van der Waals surface area contributed by atoms with Crippen molar-refractivity contribution < 1.29 is 8.83 Å². The number of nitrogens with zero attached hydrogens (tertiary/aromatic N) is 10. The standard InChI is InChI=1S/C59H37N5O.C52H33N5O/c1-5-19-38(20-6-1)55-61-56(44-28-17-31-48-53(44)43-27-13-14-30-47(43)59(48,40-21-7-2-8-22-40)41-23-9-3-10-24-41)63-57(62-55)45-29-18-34-52-54(45)46-37-39(35-36-51(46)65-52)58-60-49-32-15-16-33-50(49)64(58)42-25-11-4-12-26-42;1-5-16-34(17-6-1)38-30-39(35-18-7-2-8-19-35)32-40(31-38)50-54-49(36-20-9-3-10-21-36)55-51(56-50)42-24-15-27-47-48(42)43-33-37(28-29-46(43)58-47)52-53-44-25-13-14-26-45(44)57(52)41-22-11-4-12-23-41/h1-37H;1-33H. The molecule has 0 amide bonds. The molecule has 24 rings (SSSR count). The first-order valence-electron chi connectivity index (χ1n) is 41.2. The van der Waals surface area contributed by atoms with Gasteiger partial charge in [0.1, 0.15) is 34.0 Å². The summed E-state index contributed by atoms with van der Waals surface area (Å²) in [6.07, 6.45) is 0. The van der Waals surface area contributed by atoms with Gasteiger partial charge in [-0.15, -0.1) is 0 Å². The maximum Gasteiger partial charge on any atom is 0.164 e. The minimum Gasteiger partial charge on any atom is -0.456 e. The number of para-hydroxylation sites is 6. The van der Waals surface area contributed by atoms with E-state index in [9.17, 15) is 0 Å². The number of benzene rings is 17. The predicted octanol–water partition coefficient (Wildman–Crippen LogP) is 27.3. The third kappa shape index (κ3) is 12.5. The largest absolute Gasteiger partial charge is 0.456 e. The van der Waals surface area contributed by atoms with Crippen LogP contribution in [0.2, 0.25) is 0 Å². The number of fused-ring (bicyclic) bond motifs is 11. The molecule has 0 fully saturated rings. The van der Waals surface area contributed by atoms with Crippen molar-refractivity contribution in [2.75, 3.05) is 0 Å². The third-order valence-electron chi connectivity index (χ3n) is 23.6. The Morgan fingerprint density at radius 2 is 0.553 bits per heavy atom. The minimum atomic E-state index is -0.567. The van der Waals surface area contributed by atoms with Gasteiger partial charge in [0.15, 0.2) is 34.9 Å². The van der Waals surface area contributed by atoms with Crippen LogP contribution in [0.3, 0.4) is 0 Å². The second kappa shape index (κ2) is 30.0. The molecular formula is C111H70N10O2. The number of aromatic nitrogens is 10.